The molecule has 2 heterocycles. The second-order valence-corrected chi connectivity index (χ2v) is 5.19. The molecule has 6 heteroatoms. The van der Waals surface area contributed by atoms with Crippen molar-refractivity contribution in [3.8, 4) is 5.75 Å². The maximum absolute atomic E-state index is 13.2. The fourth-order valence-electron chi connectivity index (χ4n) is 2.90. The Bertz CT molecular complexity index is 576. The Morgan fingerprint density at radius 1 is 1.35 bits per heavy atom. The van der Waals surface area contributed by atoms with Gasteiger partial charge in [0.1, 0.15) is 11.6 Å². The first-order valence-corrected chi connectivity index (χ1v) is 6.63. The van der Waals surface area contributed by atoms with E-state index in [2.05, 4.69) is 0 Å². The molecule has 0 saturated carbocycles. The number of phenols is 1. The molecule has 2 aliphatic heterocycles. The van der Waals surface area contributed by atoms with Gasteiger partial charge in [0.2, 0.25) is 5.91 Å². The highest BCUT2D eigenvalue weighted by Gasteiger charge is 2.37. The molecule has 106 valence electrons. The van der Waals surface area contributed by atoms with E-state index >= 15 is 0 Å². The summed E-state index contributed by atoms with van der Waals surface area (Å²) in [5.41, 5.74) is -0.0252. The SMILES string of the molecule is O=C(c1cc(F)ccc1O)N1CCN2C(=O)CCC2C1. The summed E-state index contributed by atoms with van der Waals surface area (Å²) in [6.45, 7) is 1.36. The Labute approximate surface area is 115 Å². The molecular formula is C14H15FN2O3. The fraction of sp³-hybridized carbons (Fsp3) is 0.429. The van der Waals surface area contributed by atoms with Gasteiger partial charge in [0, 0.05) is 32.1 Å². The zero-order valence-corrected chi connectivity index (χ0v) is 10.9. The number of fused-ring (bicyclic) bond motifs is 1. The van der Waals surface area contributed by atoms with E-state index in [-0.39, 0.29) is 29.2 Å². The molecule has 1 atom stereocenters. The van der Waals surface area contributed by atoms with Crippen LogP contribution in [-0.2, 0) is 4.79 Å². The van der Waals surface area contributed by atoms with Crippen molar-refractivity contribution in [2.45, 2.75) is 18.9 Å². The minimum absolute atomic E-state index is 0.0252. The third-order valence-corrected chi connectivity index (χ3v) is 3.97. The molecule has 1 N–H and O–H groups in total. The number of halogens is 1. The van der Waals surface area contributed by atoms with Gasteiger partial charge in [-0.05, 0) is 24.6 Å². The summed E-state index contributed by atoms with van der Waals surface area (Å²) in [5.74, 6) is -1.03. The maximum atomic E-state index is 13.2. The van der Waals surface area contributed by atoms with Crippen LogP contribution in [0.5, 0.6) is 5.75 Å². The van der Waals surface area contributed by atoms with Crippen LogP contribution in [0.3, 0.4) is 0 Å². The van der Waals surface area contributed by atoms with Gasteiger partial charge in [-0.15, -0.1) is 0 Å². The Kier molecular flexibility index (Phi) is 3.08. The van der Waals surface area contributed by atoms with Crippen molar-refractivity contribution < 1.29 is 19.1 Å². The number of carbonyl (C=O) groups is 2. The highest BCUT2D eigenvalue weighted by atomic mass is 19.1. The largest absolute Gasteiger partial charge is 0.507 e. The molecule has 20 heavy (non-hydrogen) atoms. The molecule has 2 fully saturated rings. The van der Waals surface area contributed by atoms with E-state index in [1.54, 1.807) is 9.80 Å². The summed E-state index contributed by atoms with van der Waals surface area (Å²) in [4.78, 5) is 27.3. The van der Waals surface area contributed by atoms with E-state index in [9.17, 15) is 19.1 Å². The zero-order valence-electron chi connectivity index (χ0n) is 10.9. The first-order chi connectivity index (χ1) is 9.56. The van der Waals surface area contributed by atoms with Gasteiger partial charge < -0.3 is 14.9 Å². The number of carbonyl (C=O) groups excluding carboxylic acids is 2. The van der Waals surface area contributed by atoms with Gasteiger partial charge in [-0.3, -0.25) is 9.59 Å². The van der Waals surface area contributed by atoms with Crippen molar-refractivity contribution in [1.29, 1.82) is 0 Å². The Hall–Kier alpha value is -2.11. The third-order valence-electron chi connectivity index (χ3n) is 3.97. The molecule has 2 aliphatic rings. The molecular weight excluding hydrogens is 263 g/mol. The number of aromatic hydroxyl groups is 1. The van der Waals surface area contributed by atoms with E-state index in [4.69, 9.17) is 0 Å². The molecule has 1 unspecified atom stereocenters. The quantitative estimate of drug-likeness (QED) is 0.833. The summed E-state index contributed by atoms with van der Waals surface area (Å²) in [7, 11) is 0. The minimum Gasteiger partial charge on any atom is -0.507 e. The van der Waals surface area contributed by atoms with Gasteiger partial charge >= 0.3 is 0 Å². The van der Waals surface area contributed by atoms with Crippen molar-refractivity contribution in [3.05, 3.63) is 29.6 Å². The van der Waals surface area contributed by atoms with Crippen LogP contribution in [0.2, 0.25) is 0 Å². The first-order valence-electron chi connectivity index (χ1n) is 6.63. The lowest BCUT2D eigenvalue weighted by molar-refractivity contribution is -0.130. The summed E-state index contributed by atoms with van der Waals surface area (Å²) >= 11 is 0. The molecule has 2 saturated heterocycles. The molecule has 0 aromatic heterocycles. The second kappa shape index (κ2) is 4.77. The van der Waals surface area contributed by atoms with Crippen LogP contribution in [0.15, 0.2) is 18.2 Å². The summed E-state index contributed by atoms with van der Waals surface area (Å²) < 4.78 is 13.2. The van der Waals surface area contributed by atoms with Crippen LogP contribution in [0.4, 0.5) is 4.39 Å². The molecule has 1 aromatic rings. The number of hydrogen-bond acceptors (Lipinski definition) is 3. The van der Waals surface area contributed by atoms with Crippen molar-refractivity contribution in [2.75, 3.05) is 19.6 Å². The topological polar surface area (TPSA) is 60.9 Å². The molecule has 0 bridgehead atoms. The molecule has 0 radical (unpaired) electrons. The number of hydrogen-bond donors (Lipinski definition) is 1. The van der Waals surface area contributed by atoms with Crippen LogP contribution < -0.4 is 0 Å². The zero-order chi connectivity index (χ0) is 14.3. The third kappa shape index (κ3) is 2.11. The number of nitrogens with zero attached hydrogens (tertiary/aromatic N) is 2. The van der Waals surface area contributed by atoms with Crippen molar-refractivity contribution in [3.63, 3.8) is 0 Å². The van der Waals surface area contributed by atoms with Crippen LogP contribution in [0.25, 0.3) is 0 Å². The average molecular weight is 278 g/mol. The number of benzene rings is 1. The minimum atomic E-state index is -0.555. The fourth-order valence-corrected chi connectivity index (χ4v) is 2.90. The summed E-state index contributed by atoms with van der Waals surface area (Å²) in [6, 6.07) is 3.39. The van der Waals surface area contributed by atoms with Crippen LogP contribution in [-0.4, -0.2) is 52.4 Å². The average Bonchev–Trinajstić information content (AvgIpc) is 2.82. The van der Waals surface area contributed by atoms with Crippen LogP contribution >= 0.6 is 0 Å². The molecule has 2 amide bonds. The van der Waals surface area contributed by atoms with E-state index in [1.165, 1.54) is 6.07 Å². The highest BCUT2D eigenvalue weighted by molar-refractivity contribution is 5.97. The van der Waals surface area contributed by atoms with E-state index in [0.717, 1.165) is 18.6 Å². The van der Waals surface area contributed by atoms with E-state index < -0.39 is 5.82 Å². The van der Waals surface area contributed by atoms with E-state index in [1.807, 2.05) is 0 Å². The van der Waals surface area contributed by atoms with Crippen molar-refractivity contribution in [2.24, 2.45) is 0 Å². The Morgan fingerprint density at radius 3 is 2.95 bits per heavy atom. The van der Waals surface area contributed by atoms with Gasteiger partial charge in [-0.25, -0.2) is 4.39 Å². The monoisotopic (exact) mass is 278 g/mol. The number of phenolic OH excluding ortho intramolecular Hbond substituents is 1. The summed E-state index contributed by atoms with van der Waals surface area (Å²) in [6.07, 6.45) is 1.27. The predicted molar refractivity (Wildman–Crippen MR) is 68.7 cm³/mol. The predicted octanol–water partition coefficient (Wildman–Crippen LogP) is 0.978. The van der Waals surface area contributed by atoms with Gasteiger partial charge in [-0.2, -0.15) is 0 Å². The second-order valence-electron chi connectivity index (χ2n) is 5.19. The molecule has 0 spiro atoms. The first kappa shape index (κ1) is 12.9. The lowest BCUT2D eigenvalue weighted by atomic mass is 10.1. The smallest absolute Gasteiger partial charge is 0.257 e. The Morgan fingerprint density at radius 2 is 2.15 bits per heavy atom. The number of piperazine rings is 1. The molecule has 3 rings (SSSR count). The van der Waals surface area contributed by atoms with Crippen LogP contribution in [0.1, 0.15) is 23.2 Å². The Balaban J connectivity index is 1.78. The van der Waals surface area contributed by atoms with Gasteiger partial charge in [-0.1, -0.05) is 0 Å². The number of rotatable bonds is 1. The molecule has 5 nitrogen and oxygen atoms in total. The lowest BCUT2D eigenvalue weighted by Gasteiger charge is -2.37. The molecule has 0 aliphatic carbocycles. The van der Waals surface area contributed by atoms with Crippen molar-refractivity contribution in [1.82, 2.24) is 9.80 Å². The number of amides is 2. The van der Waals surface area contributed by atoms with E-state index in [0.29, 0.717) is 26.1 Å². The van der Waals surface area contributed by atoms with Crippen molar-refractivity contribution >= 4 is 11.8 Å². The van der Waals surface area contributed by atoms with Gasteiger partial charge in [0.25, 0.3) is 5.91 Å². The standard InChI is InChI=1S/C14H15FN2O3/c15-9-1-3-12(18)11(7-9)14(20)16-5-6-17-10(8-16)2-4-13(17)19/h1,3,7,10,18H,2,4-6,8H2. The van der Waals surface area contributed by atoms with Gasteiger partial charge in [0.05, 0.1) is 5.56 Å². The molecule has 1 aromatic carbocycles. The normalized spacial score (nSPS) is 22.1. The lowest BCUT2D eigenvalue weighted by Crippen LogP contribution is -2.53. The van der Waals surface area contributed by atoms with Crippen LogP contribution in [0, 0.1) is 5.82 Å². The maximum Gasteiger partial charge on any atom is 0.257 e. The van der Waals surface area contributed by atoms with Gasteiger partial charge in [0.15, 0.2) is 0 Å². The highest BCUT2D eigenvalue weighted by Crippen LogP contribution is 2.26. The summed E-state index contributed by atoms with van der Waals surface area (Å²) in [5, 5.41) is 9.69.